The van der Waals surface area contributed by atoms with Gasteiger partial charge >= 0.3 is 0 Å². The van der Waals surface area contributed by atoms with E-state index in [1.165, 1.54) is 0 Å². The number of benzene rings is 2. The number of nitrogens with zero attached hydrogens (tertiary/aromatic N) is 5. The Morgan fingerprint density at radius 2 is 1.88 bits per heavy atom. The van der Waals surface area contributed by atoms with Crippen molar-refractivity contribution in [3.05, 3.63) is 76.9 Å². The average molecular weight is 444 g/mol. The number of hydrogen-bond donors (Lipinski definition) is 0. The number of amides is 1. The standard InChI is InChI=1S/C24H23N5O2.C2H6/c1-17-2-5-22-9-20(17)13-28-7-6-27(15-24(28)30)14-21-11-26-16-29(21)12-18-3-4-19(10-25)23(8-18)31-22;1-2/h2-5,8-9,11,16H,6-7,12-15H2,1H3;1-2H3. The lowest BCUT2D eigenvalue weighted by molar-refractivity contribution is -0.136. The van der Waals surface area contributed by atoms with Crippen LogP contribution in [0.3, 0.4) is 0 Å². The van der Waals surface area contributed by atoms with Crippen molar-refractivity contribution in [1.29, 1.82) is 5.26 Å². The Balaban J connectivity index is 0.00000126. The fourth-order valence-electron chi connectivity index (χ4n) is 4.16. The maximum Gasteiger partial charge on any atom is 0.237 e. The highest BCUT2D eigenvalue weighted by molar-refractivity contribution is 5.79. The lowest BCUT2D eigenvalue weighted by atomic mass is 10.1. The maximum absolute atomic E-state index is 12.8. The molecule has 6 bridgehead atoms. The Hall–Kier alpha value is -3.63. The first-order valence-electron chi connectivity index (χ1n) is 11.4. The molecule has 3 aliphatic rings. The van der Waals surface area contributed by atoms with Crippen LogP contribution in [-0.4, -0.2) is 44.9 Å². The van der Waals surface area contributed by atoms with Crippen LogP contribution in [0.25, 0.3) is 0 Å². The molecule has 7 heteroatoms. The van der Waals surface area contributed by atoms with Crippen molar-refractivity contribution in [1.82, 2.24) is 19.4 Å². The van der Waals surface area contributed by atoms with Gasteiger partial charge in [-0.2, -0.15) is 5.26 Å². The van der Waals surface area contributed by atoms with Crippen LogP contribution < -0.4 is 4.74 Å². The van der Waals surface area contributed by atoms with Gasteiger partial charge in [0.2, 0.25) is 5.91 Å². The van der Waals surface area contributed by atoms with Crippen molar-refractivity contribution in [2.45, 2.75) is 40.4 Å². The first-order chi connectivity index (χ1) is 16.1. The first-order valence-corrected chi connectivity index (χ1v) is 11.4. The first kappa shape index (κ1) is 22.6. The number of aryl methyl sites for hydroxylation is 1. The van der Waals surface area contributed by atoms with Crippen molar-refractivity contribution < 1.29 is 9.53 Å². The Labute approximate surface area is 194 Å². The average Bonchev–Trinajstić information content (AvgIpc) is 3.25. The molecule has 0 radical (unpaired) electrons. The summed E-state index contributed by atoms with van der Waals surface area (Å²) in [5.74, 6) is 1.33. The molecule has 4 heterocycles. The van der Waals surface area contributed by atoms with Gasteiger partial charge in [0.1, 0.15) is 17.6 Å². The van der Waals surface area contributed by atoms with Crippen LogP contribution in [0.2, 0.25) is 0 Å². The lowest BCUT2D eigenvalue weighted by Gasteiger charge is -2.34. The highest BCUT2D eigenvalue weighted by Crippen LogP contribution is 2.29. The molecule has 0 saturated carbocycles. The molecule has 0 spiro atoms. The van der Waals surface area contributed by atoms with Crippen LogP contribution in [0.4, 0.5) is 0 Å². The van der Waals surface area contributed by atoms with Crippen LogP contribution in [0, 0.1) is 18.3 Å². The second kappa shape index (κ2) is 9.88. The summed E-state index contributed by atoms with van der Waals surface area (Å²) in [7, 11) is 0. The number of rotatable bonds is 0. The van der Waals surface area contributed by atoms with Gasteiger partial charge < -0.3 is 14.2 Å². The Bertz CT molecular complexity index is 1190. The highest BCUT2D eigenvalue weighted by Gasteiger charge is 2.25. The number of nitriles is 1. The third-order valence-corrected chi connectivity index (χ3v) is 6.01. The molecule has 1 atom stereocenters. The predicted molar refractivity (Wildman–Crippen MR) is 126 cm³/mol. The second-order valence-corrected chi connectivity index (χ2v) is 8.17. The third kappa shape index (κ3) is 4.91. The van der Waals surface area contributed by atoms with Gasteiger partial charge in [0.15, 0.2) is 0 Å². The van der Waals surface area contributed by atoms with E-state index in [0.717, 1.165) is 28.9 Å². The van der Waals surface area contributed by atoms with Gasteiger partial charge in [-0.15, -0.1) is 0 Å². The quantitative estimate of drug-likeness (QED) is 0.523. The minimum absolute atomic E-state index is 0.132. The molecule has 1 amide bonds. The van der Waals surface area contributed by atoms with Crippen molar-refractivity contribution >= 4 is 5.91 Å². The summed E-state index contributed by atoms with van der Waals surface area (Å²) in [6.45, 7) is 9.81. The number of hydrogen-bond acceptors (Lipinski definition) is 5. The summed E-state index contributed by atoms with van der Waals surface area (Å²) in [6.07, 6.45) is 3.66. The molecule has 7 nitrogen and oxygen atoms in total. The Kier molecular flexibility index (Phi) is 6.76. The zero-order valence-electron chi connectivity index (χ0n) is 19.4. The molecular weight excluding hydrogens is 414 g/mol. The second-order valence-electron chi connectivity index (χ2n) is 8.17. The van der Waals surface area contributed by atoms with E-state index in [-0.39, 0.29) is 5.91 Å². The smallest absolute Gasteiger partial charge is 0.237 e. The van der Waals surface area contributed by atoms with Gasteiger partial charge in [-0.3, -0.25) is 9.69 Å². The molecule has 33 heavy (non-hydrogen) atoms. The van der Waals surface area contributed by atoms with Gasteiger partial charge in [0.05, 0.1) is 24.1 Å². The zero-order chi connectivity index (χ0) is 23.4. The summed E-state index contributed by atoms with van der Waals surface area (Å²) >= 11 is 0. The number of aromatic nitrogens is 2. The summed E-state index contributed by atoms with van der Waals surface area (Å²) < 4.78 is 8.23. The number of ether oxygens (including phenoxy) is 1. The van der Waals surface area contributed by atoms with Crippen molar-refractivity contribution in [2.75, 3.05) is 19.6 Å². The number of carbonyl (C=O) groups is 1. The Morgan fingerprint density at radius 1 is 1.03 bits per heavy atom. The summed E-state index contributed by atoms with van der Waals surface area (Å²) in [4.78, 5) is 21.2. The largest absolute Gasteiger partial charge is 0.456 e. The molecule has 1 saturated heterocycles. The van der Waals surface area contributed by atoms with Crippen LogP contribution in [-0.2, 0) is 24.4 Å². The van der Waals surface area contributed by atoms with E-state index in [4.69, 9.17) is 4.74 Å². The number of piperazine rings is 1. The van der Waals surface area contributed by atoms with Gasteiger partial charge in [0, 0.05) is 38.9 Å². The van der Waals surface area contributed by atoms with Gasteiger partial charge in [0.25, 0.3) is 0 Å². The summed E-state index contributed by atoms with van der Waals surface area (Å²) in [5, 5.41) is 9.55. The number of carbonyl (C=O) groups excluding carboxylic acids is 1. The SMILES string of the molecule is CC.Cc1ccc2cc1CN1CCN(CC1=O)Cc1cncn1Cc1ccc(C#N)c(c1)O2. The van der Waals surface area contributed by atoms with Crippen LogP contribution >= 0.6 is 0 Å². The van der Waals surface area contributed by atoms with Gasteiger partial charge in [-0.1, -0.05) is 26.0 Å². The molecule has 1 unspecified atom stereocenters. The van der Waals surface area contributed by atoms with Crippen LogP contribution in [0.1, 0.15) is 41.8 Å². The minimum Gasteiger partial charge on any atom is -0.456 e. The van der Waals surface area contributed by atoms with Gasteiger partial charge in [-0.25, -0.2) is 4.98 Å². The van der Waals surface area contributed by atoms with E-state index in [1.807, 2.05) is 68.5 Å². The molecule has 0 N–H and O–H groups in total. The molecular formula is C26H29N5O2. The van der Waals surface area contributed by atoms with Crippen molar-refractivity contribution in [3.8, 4) is 17.6 Å². The molecule has 1 fully saturated rings. The predicted octanol–water partition coefficient (Wildman–Crippen LogP) is 4.09. The van der Waals surface area contributed by atoms with E-state index in [2.05, 4.69) is 20.5 Å². The molecule has 0 aliphatic carbocycles. The van der Waals surface area contributed by atoms with E-state index >= 15 is 0 Å². The maximum atomic E-state index is 12.8. The summed E-state index contributed by atoms with van der Waals surface area (Å²) in [5.41, 5.74) is 4.73. The van der Waals surface area contributed by atoms with E-state index in [0.29, 0.717) is 49.8 Å². The molecule has 1 aromatic heterocycles. The third-order valence-electron chi connectivity index (χ3n) is 6.01. The summed E-state index contributed by atoms with van der Waals surface area (Å²) in [6, 6.07) is 13.8. The van der Waals surface area contributed by atoms with E-state index in [9.17, 15) is 10.1 Å². The number of fused-ring (bicyclic) bond motifs is 2. The Morgan fingerprint density at radius 3 is 2.67 bits per heavy atom. The fraction of sp³-hybridized carbons (Fsp3) is 0.346. The monoisotopic (exact) mass is 443 g/mol. The molecule has 170 valence electrons. The van der Waals surface area contributed by atoms with Crippen LogP contribution in [0.15, 0.2) is 48.9 Å². The fourth-order valence-corrected chi connectivity index (χ4v) is 4.16. The molecule has 3 aliphatic heterocycles. The molecule has 2 aromatic carbocycles. The number of imidazole rings is 1. The van der Waals surface area contributed by atoms with Gasteiger partial charge in [-0.05, 0) is 47.9 Å². The van der Waals surface area contributed by atoms with E-state index < -0.39 is 0 Å². The minimum atomic E-state index is 0.132. The van der Waals surface area contributed by atoms with E-state index in [1.54, 1.807) is 6.07 Å². The molecule has 3 aromatic rings. The van der Waals surface area contributed by atoms with Crippen LogP contribution in [0.5, 0.6) is 11.5 Å². The molecule has 6 rings (SSSR count). The topological polar surface area (TPSA) is 74.4 Å². The zero-order valence-corrected chi connectivity index (χ0v) is 19.4. The lowest BCUT2D eigenvalue weighted by Crippen LogP contribution is -2.49. The normalized spacial score (nSPS) is 17.3. The van der Waals surface area contributed by atoms with Crippen molar-refractivity contribution in [2.24, 2.45) is 0 Å². The van der Waals surface area contributed by atoms with Crippen molar-refractivity contribution in [3.63, 3.8) is 0 Å². The highest BCUT2D eigenvalue weighted by atomic mass is 16.5.